The number of anilines is 1. The highest BCUT2D eigenvalue weighted by molar-refractivity contribution is 6.00. The highest BCUT2D eigenvalue weighted by Crippen LogP contribution is 2.27. The van der Waals surface area contributed by atoms with Crippen molar-refractivity contribution in [1.82, 2.24) is 25.1 Å². The van der Waals surface area contributed by atoms with Crippen molar-refractivity contribution < 1.29 is 4.79 Å². The molecule has 0 radical (unpaired) electrons. The first kappa shape index (κ1) is 17.8. The summed E-state index contributed by atoms with van der Waals surface area (Å²) in [7, 11) is 0. The Labute approximate surface area is 169 Å². The molecule has 1 atom stereocenters. The summed E-state index contributed by atoms with van der Waals surface area (Å²) >= 11 is 0. The summed E-state index contributed by atoms with van der Waals surface area (Å²) in [6.07, 6.45) is 8.20. The number of carbonyl (C=O) groups is 1. The molecule has 7 nitrogen and oxygen atoms in total. The minimum atomic E-state index is 0.00766. The number of amides is 1. The van der Waals surface area contributed by atoms with Gasteiger partial charge in [0.25, 0.3) is 5.91 Å². The molecule has 0 bridgehead atoms. The Kier molecular flexibility index (Phi) is 4.71. The lowest BCUT2D eigenvalue weighted by Gasteiger charge is -2.22. The number of pyridine rings is 1. The fourth-order valence-corrected chi connectivity index (χ4v) is 4.31. The van der Waals surface area contributed by atoms with Crippen molar-refractivity contribution in [2.75, 3.05) is 11.9 Å². The van der Waals surface area contributed by atoms with Gasteiger partial charge in [-0.25, -0.2) is 0 Å². The van der Waals surface area contributed by atoms with Gasteiger partial charge in [-0.2, -0.15) is 0 Å². The third-order valence-corrected chi connectivity index (χ3v) is 5.84. The molecule has 0 spiro atoms. The zero-order valence-corrected chi connectivity index (χ0v) is 16.3. The standard InChI is InChI=1S/C22H24N6O/c29-22(18-5-1-3-15-4-2-11-24-20(15)18)25-17-6-7-19-26-27-21(28(19)14-10-17)16-8-12-23-13-9-16/h1,3,5,8-9,12-13,17,24H,2,4,6-7,10-11,14H2,(H,25,29). The van der Waals surface area contributed by atoms with E-state index in [2.05, 4.69) is 36.4 Å². The molecule has 1 amide bonds. The fraction of sp³-hybridized carbons (Fsp3) is 0.364. The van der Waals surface area contributed by atoms with Crippen LogP contribution in [0.2, 0.25) is 0 Å². The number of para-hydroxylation sites is 1. The number of aryl methyl sites for hydroxylation is 2. The fourth-order valence-electron chi connectivity index (χ4n) is 4.31. The Balaban J connectivity index is 1.31. The average Bonchev–Trinajstić information content (AvgIpc) is 3.08. The quantitative estimate of drug-likeness (QED) is 0.721. The Morgan fingerprint density at radius 3 is 2.90 bits per heavy atom. The van der Waals surface area contributed by atoms with Crippen LogP contribution in [0.1, 0.15) is 41.0 Å². The van der Waals surface area contributed by atoms with Crippen LogP contribution in [0.25, 0.3) is 11.4 Å². The number of hydrogen-bond acceptors (Lipinski definition) is 5. The zero-order chi connectivity index (χ0) is 19.6. The predicted molar refractivity (Wildman–Crippen MR) is 111 cm³/mol. The maximum Gasteiger partial charge on any atom is 0.253 e. The van der Waals surface area contributed by atoms with Crippen LogP contribution in [0, 0.1) is 0 Å². The van der Waals surface area contributed by atoms with Crippen molar-refractivity contribution in [2.24, 2.45) is 0 Å². The van der Waals surface area contributed by atoms with E-state index in [-0.39, 0.29) is 11.9 Å². The smallest absolute Gasteiger partial charge is 0.253 e. The van der Waals surface area contributed by atoms with Gasteiger partial charge in [0, 0.05) is 43.5 Å². The number of carbonyl (C=O) groups excluding carboxylic acids is 1. The molecule has 0 saturated heterocycles. The first-order valence-electron chi connectivity index (χ1n) is 10.3. The summed E-state index contributed by atoms with van der Waals surface area (Å²) in [5, 5.41) is 15.4. The molecule has 7 heteroatoms. The van der Waals surface area contributed by atoms with Crippen LogP contribution in [0.4, 0.5) is 5.69 Å². The normalized spacial score (nSPS) is 18.1. The summed E-state index contributed by atoms with van der Waals surface area (Å²) in [4.78, 5) is 17.1. The SMILES string of the molecule is O=C(NC1CCc2nnc(-c3ccncc3)n2CC1)c1cccc2c1NCCC2. The molecule has 148 valence electrons. The molecule has 2 N–H and O–H groups in total. The first-order valence-corrected chi connectivity index (χ1v) is 10.3. The maximum atomic E-state index is 13.0. The van der Waals surface area contributed by atoms with Crippen LogP contribution < -0.4 is 10.6 Å². The van der Waals surface area contributed by atoms with E-state index >= 15 is 0 Å². The number of nitrogens with one attached hydrogen (secondary N) is 2. The van der Waals surface area contributed by atoms with Gasteiger partial charge in [0.15, 0.2) is 5.82 Å². The van der Waals surface area contributed by atoms with Gasteiger partial charge in [-0.1, -0.05) is 12.1 Å². The molecule has 2 aliphatic rings. The summed E-state index contributed by atoms with van der Waals surface area (Å²) in [6.45, 7) is 1.71. The van der Waals surface area contributed by atoms with Gasteiger partial charge in [0.05, 0.1) is 11.3 Å². The van der Waals surface area contributed by atoms with Gasteiger partial charge in [-0.15, -0.1) is 10.2 Å². The number of nitrogens with zero attached hydrogens (tertiary/aromatic N) is 4. The van der Waals surface area contributed by atoms with E-state index in [1.807, 2.05) is 24.3 Å². The van der Waals surface area contributed by atoms with Crippen LogP contribution in [-0.4, -0.2) is 38.2 Å². The number of aromatic nitrogens is 4. The molecule has 4 heterocycles. The Morgan fingerprint density at radius 1 is 1.10 bits per heavy atom. The molecule has 0 fully saturated rings. The Bertz CT molecular complexity index is 1030. The highest BCUT2D eigenvalue weighted by Gasteiger charge is 2.24. The van der Waals surface area contributed by atoms with Gasteiger partial charge >= 0.3 is 0 Å². The molecule has 3 aromatic rings. The topological polar surface area (TPSA) is 84.7 Å². The minimum Gasteiger partial charge on any atom is -0.384 e. The number of fused-ring (bicyclic) bond motifs is 2. The van der Waals surface area contributed by atoms with Crippen LogP contribution >= 0.6 is 0 Å². The number of rotatable bonds is 3. The van der Waals surface area contributed by atoms with Crippen LogP contribution in [-0.2, 0) is 19.4 Å². The van der Waals surface area contributed by atoms with Gasteiger partial charge in [-0.3, -0.25) is 9.78 Å². The lowest BCUT2D eigenvalue weighted by molar-refractivity contribution is 0.0933. The van der Waals surface area contributed by atoms with Gasteiger partial charge < -0.3 is 15.2 Å². The van der Waals surface area contributed by atoms with E-state index < -0.39 is 0 Å². The lowest BCUT2D eigenvalue weighted by atomic mass is 9.98. The van der Waals surface area contributed by atoms with Crippen molar-refractivity contribution in [2.45, 2.75) is 44.7 Å². The second-order valence-electron chi connectivity index (χ2n) is 7.70. The van der Waals surface area contributed by atoms with E-state index in [9.17, 15) is 4.79 Å². The number of benzene rings is 1. The Morgan fingerprint density at radius 2 is 2.00 bits per heavy atom. The third-order valence-electron chi connectivity index (χ3n) is 5.84. The lowest BCUT2D eigenvalue weighted by Crippen LogP contribution is -2.36. The predicted octanol–water partition coefficient (Wildman–Crippen LogP) is 2.83. The molecule has 1 unspecified atom stereocenters. The molecule has 5 rings (SSSR count). The summed E-state index contributed by atoms with van der Waals surface area (Å²) in [6, 6.07) is 10.0. The van der Waals surface area contributed by atoms with Crippen molar-refractivity contribution in [3.05, 3.63) is 59.7 Å². The molecule has 29 heavy (non-hydrogen) atoms. The van der Waals surface area contributed by atoms with Gasteiger partial charge in [0.2, 0.25) is 0 Å². The third kappa shape index (κ3) is 3.48. The average molecular weight is 388 g/mol. The molecular formula is C22H24N6O. The second-order valence-corrected chi connectivity index (χ2v) is 7.70. The van der Waals surface area contributed by atoms with Crippen molar-refractivity contribution in [1.29, 1.82) is 0 Å². The zero-order valence-electron chi connectivity index (χ0n) is 16.3. The van der Waals surface area contributed by atoms with Gasteiger partial charge in [-0.05, 0) is 49.4 Å². The van der Waals surface area contributed by atoms with Gasteiger partial charge in [0.1, 0.15) is 5.82 Å². The highest BCUT2D eigenvalue weighted by atomic mass is 16.1. The van der Waals surface area contributed by atoms with Crippen LogP contribution in [0.5, 0.6) is 0 Å². The summed E-state index contributed by atoms with van der Waals surface area (Å²) in [5.74, 6) is 1.86. The van der Waals surface area contributed by atoms with Crippen molar-refractivity contribution in [3.63, 3.8) is 0 Å². The largest absolute Gasteiger partial charge is 0.384 e. The van der Waals surface area contributed by atoms with Crippen LogP contribution in [0.15, 0.2) is 42.7 Å². The Hall–Kier alpha value is -3.22. The van der Waals surface area contributed by atoms with E-state index in [1.54, 1.807) is 12.4 Å². The second kappa shape index (κ2) is 7.66. The van der Waals surface area contributed by atoms with E-state index in [4.69, 9.17) is 0 Å². The van der Waals surface area contributed by atoms with Crippen molar-refractivity contribution in [3.8, 4) is 11.4 Å². The summed E-state index contributed by atoms with van der Waals surface area (Å²) < 4.78 is 2.17. The molecule has 0 saturated carbocycles. The molecule has 1 aromatic carbocycles. The van der Waals surface area contributed by atoms with E-state index in [1.165, 1.54) is 5.56 Å². The monoisotopic (exact) mass is 388 g/mol. The van der Waals surface area contributed by atoms with Crippen LogP contribution in [0.3, 0.4) is 0 Å². The minimum absolute atomic E-state index is 0.00766. The van der Waals surface area contributed by atoms with E-state index in [0.29, 0.717) is 0 Å². The molecule has 0 aliphatic carbocycles. The maximum absolute atomic E-state index is 13.0. The number of hydrogen-bond donors (Lipinski definition) is 2. The van der Waals surface area contributed by atoms with E-state index in [0.717, 1.165) is 73.7 Å². The molecule has 2 aliphatic heterocycles. The molecular weight excluding hydrogens is 364 g/mol. The van der Waals surface area contributed by atoms with Crippen molar-refractivity contribution >= 4 is 11.6 Å². The first-order chi connectivity index (χ1) is 14.3. The summed E-state index contributed by atoms with van der Waals surface area (Å²) in [5.41, 5.74) is 4.01. The molecule has 2 aromatic heterocycles.